The molecule has 4 heterocycles. The van der Waals surface area contributed by atoms with Crippen molar-refractivity contribution in [1.82, 2.24) is 19.9 Å². The van der Waals surface area contributed by atoms with Gasteiger partial charge in [0.05, 0.1) is 25.3 Å². The predicted octanol–water partition coefficient (Wildman–Crippen LogP) is 2.83. The molecule has 0 aliphatic carbocycles. The number of amides is 1. The zero-order valence-corrected chi connectivity index (χ0v) is 19.9. The van der Waals surface area contributed by atoms with Gasteiger partial charge < -0.3 is 15.2 Å². The number of hydrogen-bond acceptors (Lipinski definition) is 8. The van der Waals surface area contributed by atoms with Gasteiger partial charge in [-0.1, -0.05) is 30.3 Å². The lowest BCUT2D eigenvalue weighted by atomic mass is 10.1. The molecule has 2 N–H and O–H groups in total. The highest BCUT2D eigenvalue weighted by Crippen LogP contribution is 2.33. The molecule has 0 saturated carbocycles. The van der Waals surface area contributed by atoms with Crippen LogP contribution in [-0.2, 0) is 29.0 Å². The van der Waals surface area contributed by atoms with E-state index in [9.17, 15) is 4.79 Å². The first-order valence-corrected chi connectivity index (χ1v) is 12.0. The molecule has 0 bridgehead atoms. The third-order valence-electron chi connectivity index (χ3n) is 6.42. The SMILES string of the molecule is COCCOc1nc(N)c2c(n1)N(Cc1ccc(-c3ccc(CN4CCCC4)cc3)nc1)C(=O)C2. The molecule has 0 atom stereocenters. The summed E-state index contributed by atoms with van der Waals surface area (Å²) >= 11 is 0. The zero-order valence-electron chi connectivity index (χ0n) is 19.9. The highest BCUT2D eigenvalue weighted by atomic mass is 16.5. The molecule has 1 fully saturated rings. The van der Waals surface area contributed by atoms with E-state index < -0.39 is 0 Å². The Morgan fingerprint density at radius 2 is 1.74 bits per heavy atom. The maximum absolute atomic E-state index is 12.7. The van der Waals surface area contributed by atoms with Gasteiger partial charge >= 0.3 is 6.01 Å². The molecule has 9 heteroatoms. The van der Waals surface area contributed by atoms with Gasteiger partial charge in [0.15, 0.2) is 0 Å². The standard InChI is InChI=1S/C26H30N6O3/c1-34-12-13-35-26-29-24(27)21-14-23(33)32(25(21)30-26)17-19-6-9-22(28-15-19)20-7-4-18(5-8-20)16-31-10-2-3-11-31/h4-9,15H,2-3,10-14,16-17H2,1H3,(H2,27,29,30). The summed E-state index contributed by atoms with van der Waals surface area (Å²) in [5.41, 5.74) is 10.9. The van der Waals surface area contributed by atoms with E-state index in [2.05, 4.69) is 44.1 Å². The van der Waals surface area contributed by atoms with E-state index in [1.807, 2.05) is 12.1 Å². The smallest absolute Gasteiger partial charge is 0.320 e. The Hall–Kier alpha value is -3.56. The van der Waals surface area contributed by atoms with Gasteiger partial charge in [-0.15, -0.1) is 0 Å². The fraction of sp³-hybridized carbons (Fsp3) is 0.385. The van der Waals surface area contributed by atoms with Crippen LogP contribution in [0.15, 0.2) is 42.6 Å². The van der Waals surface area contributed by atoms with E-state index in [0.29, 0.717) is 31.1 Å². The van der Waals surface area contributed by atoms with Crippen LogP contribution in [-0.4, -0.2) is 59.2 Å². The number of methoxy groups -OCH3 is 1. The van der Waals surface area contributed by atoms with Crippen molar-refractivity contribution in [1.29, 1.82) is 0 Å². The second-order valence-electron chi connectivity index (χ2n) is 8.92. The number of nitrogens with two attached hydrogens (primary N) is 1. The molecular formula is C26H30N6O3. The third kappa shape index (κ3) is 5.26. The molecule has 0 spiro atoms. The lowest BCUT2D eigenvalue weighted by molar-refractivity contribution is -0.117. The lowest BCUT2D eigenvalue weighted by Crippen LogP contribution is -2.26. The Morgan fingerprint density at radius 1 is 0.971 bits per heavy atom. The number of likely N-dealkylation sites (tertiary alicyclic amines) is 1. The van der Waals surface area contributed by atoms with Crippen molar-refractivity contribution in [2.45, 2.75) is 32.4 Å². The topological polar surface area (TPSA) is 107 Å². The van der Waals surface area contributed by atoms with Crippen molar-refractivity contribution in [2.75, 3.05) is 44.0 Å². The maximum atomic E-state index is 12.7. The van der Waals surface area contributed by atoms with Crippen LogP contribution in [0.1, 0.15) is 29.5 Å². The zero-order chi connectivity index (χ0) is 24.2. The van der Waals surface area contributed by atoms with Crippen LogP contribution in [0, 0.1) is 0 Å². The molecule has 3 aromatic rings. The number of nitrogen functional groups attached to an aromatic ring is 1. The Balaban J connectivity index is 1.27. The summed E-state index contributed by atoms with van der Waals surface area (Å²) in [4.78, 5) is 30.1. The van der Waals surface area contributed by atoms with Crippen LogP contribution in [0.25, 0.3) is 11.3 Å². The van der Waals surface area contributed by atoms with Crippen LogP contribution < -0.4 is 15.4 Å². The molecule has 2 aromatic heterocycles. The number of pyridine rings is 1. The van der Waals surface area contributed by atoms with Crippen molar-refractivity contribution in [2.24, 2.45) is 0 Å². The van der Waals surface area contributed by atoms with Gasteiger partial charge in [-0.25, -0.2) is 0 Å². The number of nitrogens with zero attached hydrogens (tertiary/aromatic N) is 5. The lowest BCUT2D eigenvalue weighted by Gasteiger charge is -2.17. The largest absolute Gasteiger partial charge is 0.461 e. The highest BCUT2D eigenvalue weighted by molar-refractivity contribution is 6.01. The minimum atomic E-state index is -0.0762. The second-order valence-corrected chi connectivity index (χ2v) is 8.92. The minimum Gasteiger partial charge on any atom is -0.461 e. The first kappa shape index (κ1) is 23.2. The number of hydrogen-bond donors (Lipinski definition) is 1. The average Bonchev–Trinajstić information content (AvgIpc) is 3.49. The summed E-state index contributed by atoms with van der Waals surface area (Å²) in [7, 11) is 1.59. The first-order valence-electron chi connectivity index (χ1n) is 12.0. The fourth-order valence-electron chi connectivity index (χ4n) is 4.52. The summed E-state index contributed by atoms with van der Waals surface area (Å²) in [6, 6.07) is 12.7. The first-order chi connectivity index (χ1) is 17.1. The molecule has 9 nitrogen and oxygen atoms in total. The summed E-state index contributed by atoms with van der Waals surface area (Å²) < 4.78 is 10.5. The number of benzene rings is 1. The summed E-state index contributed by atoms with van der Waals surface area (Å²) in [5.74, 6) is 0.681. The molecule has 0 unspecified atom stereocenters. The quantitative estimate of drug-likeness (QED) is 0.472. The molecule has 35 heavy (non-hydrogen) atoms. The maximum Gasteiger partial charge on any atom is 0.320 e. The summed E-state index contributed by atoms with van der Waals surface area (Å²) in [6.45, 7) is 4.44. The number of carbonyl (C=O) groups excluding carboxylic acids is 1. The van der Waals surface area contributed by atoms with Gasteiger partial charge in [-0.05, 0) is 43.1 Å². The molecule has 182 valence electrons. The number of carbonyl (C=O) groups is 1. The molecule has 2 aliphatic heterocycles. The van der Waals surface area contributed by atoms with Gasteiger partial charge in [-0.2, -0.15) is 9.97 Å². The van der Waals surface area contributed by atoms with E-state index in [0.717, 1.165) is 23.4 Å². The van der Waals surface area contributed by atoms with Gasteiger partial charge in [0.25, 0.3) is 0 Å². The van der Waals surface area contributed by atoms with Gasteiger partial charge in [0.2, 0.25) is 5.91 Å². The van der Waals surface area contributed by atoms with E-state index in [1.165, 1.54) is 31.5 Å². The van der Waals surface area contributed by atoms with Crippen molar-refractivity contribution in [3.8, 4) is 17.3 Å². The number of fused-ring (bicyclic) bond motifs is 1. The molecule has 1 amide bonds. The number of anilines is 2. The molecular weight excluding hydrogens is 444 g/mol. The third-order valence-corrected chi connectivity index (χ3v) is 6.42. The Bertz CT molecular complexity index is 1180. The Kier molecular flexibility index (Phi) is 6.87. The van der Waals surface area contributed by atoms with Crippen LogP contribution in [0.2, 0.25) is 0 Å². The molecule has 0 radical (unpaired) electrons. The average molecular weight is 475 g/mol. The van der Waals surface area contributed by atoms with Gasteiger partial charge in [-0.3, -0.25) is 19.6 Å². The molecule has 5 rings (SSSR count). The van der Waals surface area contributed by atoms with Crippen molar-refractivity contribution in [3.05, 3.63) is 59.3 Å². The van der Waals surface area contributed by atoms with E-state index in [-0.39, 0.29) is 24.2 Å². The molecule has 1 saturated heterocycles. The van der Waals surface area contributed by atoms with E-state index in [1.54, 1.807) is 18.2 Å². The Morgan fingerprint density at radius 3 is 2.46 bits per heavy atom. The van der Waals surface area contributed by atoms with Crippen molar-refractivity contribution in [3.63, 3.8) is 0 Å². The molecule has 1 aromatic carbocycles. The normalized spacial score (nSPS) is 15.6. The van der Waals surface area contributed by atoms with Crippen LogP contribution in [0.5, 0.6) is 6.01 Å². The monoisotopic (exact) mass is 474 g/mol. The van der Waals surface area contributed by atoms with Crippen molar-refractivity contribution >= 4 is 17.5 Å². The van der Waals surface area contributed by atoms with Crippen LogP contribution >= 0.6 is 0 Å². The Labute approximate surface area is 204 Å². The number of aromatic nitrogens is 3. The van der Waals surface area contributed by atoms with E-state index in [4.69, 9.17) is 15.2 Å². The fourth-order valence-corrected chi connectivity index (χ4v) is 4.52. The van der Waals surface area contributed by atoms with Crippen LogP contribution in [0.3, 0.4) is 0 Å². The van der Waals surface area contributed by atoms with Crippen molar-refractivity contribution < 1.29 is 14.3 Å². The molecule has 2 aliphatic rings. The van der Waals surface area contributed by atoms with Crippen LogP contribution in [0.4, 0.5) is 11.6 Å². The minimum absolute atomic E-state index is 0.0762. The highest BCUT2D eigenvalue weighted by Gasteiger charge is 2.32. The second kappa shape index (κ2) is 10.4. The summed E-state index contributed by atoms with van der Waals surface area (Å²) in [5, 5.41) is 0. The summed E-state index contributed by atoms with van der Waals surface area (Å²) in [6.07, 6.45) is 4.58. The van der Waals surface area contributed by atoms with Gasteiger partial charge in [0, 0.05) is 31.0 Å². The number of rotatable bonds is 9. The van der Waals surface area contributed by atoms with Gasteiger partial charge in [0.1, 0.15) is 18.2 Å². The van der Waals surface area contributed by atoms with E-state index >= 15 is 0 Å². The predicted molar refractivity (Wildman–Crippen MR) is 133 cm³/mol. The number of ether oxygens (including phenoxy) is 2.